The highest BCUT2D eigenvalue weighted by molar-refractivity contribution is 9.11. The summed E-state index contributed by atoms with van der Waals surface area (Å²) < 4.78 is 1.71. The van der Waals surface area contributed by atoms with Gasteiger partial charge in [-0.25, -0.2) is 0 Å². The molecule has 0 bridgehead atoms. The van der Waals surface area contributed by atoms with Crippen LogP contribution < -0.4 is 11.1 Å². The van der Waals surface area contributed by atoms with E-state index in [2.05, 4.69) is 37.2 Å². The number of benzene rings is 1. The molecule has 0 aromatic heterocycles. The van der Waals surface area contributed by atoms with E-state index < -0.39 is 0 Å². The lowest BCUT2D eigenvalue weighted by atomic mass is 10.1. The maximum Gasteiger partial charge on any atom is 0.231 e. The molecule has 0 saturated carbocycles. The van der Waals surface area contributed by atoms with Crippen LogP contribution in [0.1, 0.15) is 6.42 Å². The first-order chi connectivity index (χ1) is 8.08. The van der Waals surface area contributed by atoms with Crippen LogP contribution in [0.5, 0.6) is 0 Å². The van der Waals surface area contributed by atoms with Gasteiger partial charge in [0.1, 0.15) is 0 Å². The van der Waals surface area contributed by atoms with Crippen molar-refractivity contribution in [1.82, 2.24) is 0 Å². The van der Waals surface area contributed by atoms with E-state index in [1.807, 2.05) is 30.4 Å². The number of nitrogens with two attached hydrogens (primary N) is 1. The Bertz CT molecular complexity index is 453. The first-order valence-electron chi connectivity index (χ1n) is 5.26. The predicted octanol–water partition coefficient (Wildman–Crippen LogP) is 3.05. The second kappa shape index (κ2) is 5.33. The second-order valence-electron chi connectivity index (χ2n) is 3.98. The molecule has 0 spiro atoms. The molecule has 2 unspecified atom stereocenters. The van der Waals surface area contributed by atoms with E-state index in [0.717, 1.165) is 14.6 Å². The van der Waals surface area contributed by atoms with Crippen LogP contribution in [0, 0.1) is 5.92 Å². The van der Waals surface area contributed by atoms with Gasteiger partial charge >= 0.3 is 0 Å². The van der Waals surface area contributed by atoms with Crippen LogP contribution in [0.15, 0.2) is 39.3 Å². The van der Waals surface area contributed by atoms with Crippen LogP contribution in [0.3, 0.4) is 0 Å². The van der Waals surface area contributed by atoms with Crippen LogP contribution >= 0.6 is 31.9 Å². The maximum atomic E-state index is 12.0. The van der Waals surface area contributed by atoms with Gasteiger partial charge in [0.05, 0.1) is 11.6 Å². The minimum absolute atomic E-state index is 0.00611. The normalized spacial score (nSPS) is 22.8. The van der Waals surface area contributed by atoms with Crippen LogP contribution in [-0.4, -0.2) is 11.9 Å². The summed E-state index contributed by atoms with van der Waals surface area (Å²) in [5, 5.41) is 2.90. The van der Waals surface area contributed by atoms with E-state index >= 15 is 0 Å². The molecule has 2 atom stereocenters. The Hall–Kier alpha value is -0.650. The number of hydrogen-bond acceptors (Lipinski definition) is 2. The Balaban J connectivity index is 2.11. The van der Waals surface area contributed by atoms with Crippen molar-refractivity contribution in [3.63, 3.8) is 0 Å². The number of para-hydroxylation sites is 1. The fourth-order valence-corrected chi connectivity index (χ4v) is 2.95. The minimum atomic E-state index is -0.135. The van der Waals surface area contributed by atoms with Crippen molar-refractivity contribution in [3.8, 4) is 0 Å². The van der Waals surface area contributed by atoms with Gasteiger partial charge in [-0.15, -0.1) is 0 Å². The molecule has 17 heavy (non-hydrogen) atoms. The van der Waals surface area contributed by atoms with Gasteiger partial charge in [-0.3, -0.25) is 4.79 Å². The molecule has 1 aromatic carbocycles. The Morgan fingerprint density at radius 1 is 1.29 bits per heavy atom. The highest BCUT2D eigenvalue weighted by Crippen LogP contribution is 2.31. The molecule has 3 N–H and O–H groups in total. The highest BCUT2D eigenvalue weighted by atomic mass is 79.9. The molecule has 0 aliphatic heterocycles. The molecule has 90 valence electrons. The van der Waals surface area contributed by atoms with Crippen molar-refractivity contribution in [1.29, 1.82) is 0 Å². The zero-order chi connectivity index (χ0) is 12.4. The number of halogens is 2. The fraction of sp³-hybridized carbons (Fsp3) is 0.250. The smallest absolute Gasteiger partial charge is 0.231 e. The molecule has 0 fully saturated rings. The zero-order valence-electron chi connectivity index (χ0n) is 8.99. The lowest BCUT2D eigenvalue weighted by molar-refractivity contribution is -0.118. The summed E-state index contributed by atoms with van der Waals surface area (Å²) in [6.45, 7) is 0. The number of carbonyl (C=O) groups excluding carboxylic acids is 1. The number of amides is 1. The molecule has 1 aromatic rings. The number of anilines is 1. The topological polar surface area (TPSA) is 55.1 Å². The summed E-state index contributed by atoms with van der Waals surface area (Å²) in [6.07, 6.45) is 4.41. The van der Waals surface area contributed by atoms with Gasteiger partial charge in [0.15, 0.2) is 0 Å². The maximum absolute atomic E-state index is 12.0. The predicted molar refractivity (Wildman–Crippen MR) is 75.7 cm³/mol. The molecule has 1 aliphatic rings. The van der Waals surface area contributed by atoms with Gasteiger partial charge in [-0.1, -0.05) is 18.2 Å². The van der Waals surface area contributed by atoms with Gasteiger partial charge in [-0.05, 0) is 50.4 Å². The zero-order valence-corrected chi connectivity index (χ0v) is 12.2. The van der Waals surface area contributed by atoms with E-state index in [9.17, 15) is 4.79 Å². The van der Waals surface area contributed by atoms with Crippen LogP contribution in [0.4, 0.5) is 5.69 Å². The molecule has 3 nitrogen and oxygen atoms in total. The molecular formula is C12H12Br2N2O. The molecule has 5 heteroatoms. The van der Waals surface area contributed by atoms with Gasteiger partial charge in [0, 0.05) is 15.0 Å². The average Bonchev–Trinajstić information content (AvgIpc) is 2.70. The van der Waals surface area contributed by atoms with Gasteiger partial charge in [0.25, 0.3) is 0 Å². The molecule has 1 aliphatic carbocycles. The molecule has 1 amide bonds. The third-order valence-corrected chi connectivity index (χ3v) is 3.99. The van der Waals surface area contributed by atoms with Crippen molar-refractivity contribution < 1.29 is 4.79 Å². The monoisotopic (exact) mass is 358 g/mol. The number of nitrogens with one attached hydrogen (secondary N) is 1. The largest absolute Gasteiger partial charge is 0.324 e. The Morgan fingerprint density at radius 3 is 2.47 bits per heavy atom. The average molecular weight is 360 g/mol. The van der Waals surface area contributed by atoms with Crippen LogP contribution in [0.25, 0.3) is 0 Å². The van der Waals surface area contributed by atoms with Crippen molar-refractivity contribution in [2.24, 2.45) is 11.7 Å². The summed E-state index contributed by atoms with van der Waals surface area (Å²) >= 11 is 6.82. The summed E-state index contributed by atoms with van der Waals surface area (Å²) in [4.78, 5) is 12.0. The molecular weight excluding hydrogens is 348 g/mol. The Morgan fingerprint density at radius 2 is 1.94 bits per heavy atom. The van der Waals surface area contributed by atoms with Crippen molar-refractivity contribution >= 4 is 43.5 Å². The first-order valence-corrected chi connectivity index (χ1v) is 6.85. The van der Waals surface area contributed by atoms with Crippen molar-refractivity contribution in [3.05, 3.63) is 39.3 Å². The third kappa shape index (κ3) is 2.97. The quantitative estimate of drug-likeness (QED) is 0.797. The van der Waals surface area contributed by atoms with E-state index in [1.165, 1.54) is 0 Å². The van der Waals surface area contributed by atoms with Gasteiger partial charge < -0.3 is 11.1 Å². The van der Waals surface area contributed by atoms with E-state index in [0.29, 0.717) is 6.42 Å². The van der Waals surface area contributed by atoms with Crippen LogP contribution in [-0.2, 0) is 4.79 Å². The lowest BCUT2D eigenvalue weighted by Crippen LogP contribution is -2.24. The van der Waals surface area contributed by atoms with E-state index in [-0.39, 0.29) is 17.9 Å². The summed E-state index contributed by atoms with van der Waals surface area (Å²) in [6, 6.07) is 5.66. The number of carbonyl (C=O) groups is 1. The summed E-state index contributed by atoms with van der Waals surface area (Å²) in [5.41, 5.74) is 6.49. The fourth-order valence-electron chi connectivity index (χ4n) is 1.75. The Labute approximate surface area is 117 Å². The standard InChI is InChI=1S/C12H12Br2N2O/c13-9-2-1-3-10(14)11(9)16-12(17)7-4-5-8(15)6-7/h1-5,7-8H,6,15H2,(H,16,17). The molecule has 0 radical (unpaired) electrons. The number of hydrogen-bond donors (Lipinski definition) is 2. The van der Waals surface area contributed by atoms with Gasteiger partial charge in [-0.2, -0.15) is 0 Å². The van der Waals surface area contributed by atoms with Gasteiger partial charge in [0.2, 0.25) is 5.91 Å². The SMILES string of the molecule is NC1C=CC(C(=O)Nc2c(Br)cccc2Br)C1. The minimum Gasteiger partial charge on any atom is -0.324 e. The van der Waals surface area contributed by atoms with Crippen molar-refractivity contribution in [2.75, 3.05) is 5.32 Å². The molecule has 2 rings (SSSR count). The van der Waals surface area contributed by atoms with E-state index in [4.69, 9.17) is 5.73 Å². The first kappa shape index (κ1) is 12.8. The van der Waals surface area contributed by atoms with Crippen molar-refractivity contribution in [2.45, 2.75) is 12.5 Å². The lowest BCUT2D eigenvalue weighted by Gasteiger charge is -2.13. The number of rotatable bonds is 2. The third-order valence-electron chi connectivity index (χ3n) is 2.66. The van der Waals surface area contributed by atoms with E-state index in [1.54, 1.807) is 0 Å². The highest BCUT2D eigenvalue weighted by Gasteiger charge is 2.23. The summed E-state index contributed by atoms with van der Waals surface area (Å²) in [5.74, 6) is -0.161. The van der Waals surface area contributed by atoms with Crippen LogP contribution in [0.2, 0.25) is 0 Å². The second-order valence-corrected chi connectivity index (χ2v) is 5.69. The molecule has 0 saturated heterocycles. The molecule has 0 heterocycles. The Kier molecular flexibility index (Phi) is 4.01. The summed E-state index contributed by atoms with van der Waals surface area (Å²) in [7, 11) is 0.